The molecule has 1 aliphatic heterocycles. The van der Waals surface area contributed by atoms with Crippen molar-refractivity contribution in [3.63, 3.8) is 0 Å². The van der Waals surface area contributed by atoms with Crippen LogP contribution in [0, 0.1) is 12.3 Å². The Bertz CT molecular complexity index is 1090. The fourth-order valence-electron chi connectivity index (χ4n) is 5.03. The first-order chi connectivity index (χ1) is 15.0. The predicted octanol–water partition coefficient (Wildman–Crippen LogP) is 5.14. The summed E-state index contributed by atoms with van der Waals surface area (Å²) in [6.45, 7) is 3.81. The van der Waals surface area contributed by atoms with E-state index in [-0.39, 0.29) is 11.9 Å². The number of hydrogen-bond donors (Lipinski definition) is 1. The maximum Gasteiger partial charge on any atom is 0.298 e. The number of halogens is 1. The van der Waals surface area contributed by atoms with E-state index < -0.39 is 0 Å². The molecule has 3 heterocycles. The second-order valence-corrected chi connectivity index (χ2v) is 9.47. The van der Waals surface area contributed by atoms with Crippen LogP contribution in [0.15, 0.2) is 40.9 Å². The monoisotopic (exact) mass is 438 g/mol. The molecule has 0 unspecified atom stereocenters. The SMILES string of the molecule is Cc1cc(C(=O)NC2CCC3(CC2)CCN(c2nc4cc(Cl)ccc4o2)CC3)ccn1. The lowest BCUT2D eigenvalue weighted by atomic mass is 9.67. The average Bonchev–Trinajstić information content (AvgIpc) is 3.19. The minimum Gasteiger partial charge on any atom is -0.423 e. The highest BCUT2D eigenvalue weighted by atomic mass is 35.5. The minimum absolute atomic E-state index is 0.0114. The first-order valence-electron chi connectivity index (χ1n) is 11.0. The number of anilines is 1. The van der Waals surface area contributed by atoms with Crippen molar-refractivity contribution in [1.82, 2.24) is 15.3 Å². The van der Waals surface area contributed by atoms with Gasteiger partial charge in [-0.2, -0.15) is 4.98 Å². The molecule has 1 amide bonds. The number of benzene rings is 1. The number of aromatic nitrogens is 2. The summed E-state index contributed by atoms with van der Waals surface area (Å²) in [5, 5.41) is 3.90. The van der Waals surface area contributed by atoms with Crippen molar-refractivity contribution in [1.29, 1.82) is 0 Å². The molecule has 1 saturated carbocycles. The summed E-state index contributed by atoms with van der Waals surface area (Å²) in [4.78, 5) is 23.6. The van der Waals surface area contributed by atoms with Crippen LogP contribution < -0.4 is 10.2 Å². The third kappa shape index (κ3) is 4.26. The maximum absolute atomic E-state index is 12.6. The predicted molar refractivity (Wildman–Crippen MR) is 122 cm³/mol. The lowest BCUT2D eigenvalue weighted by molar-refractivity contribution is 0.0865. The van der Waals surface area contributed by atoms with Gasteiger partial charge in [-0.3, -0.25) is 9.78 Å². The largest absolute Gasteiger partial charge is 0.423 e. The zero-order chi connectivity index (χ0) is 21.4. The Balaban J connectivity index is 1.16. The molecule has 1 spiro atoms. The Hall–Kier alpha value is -2.60. The number of hydrogen-bond acceptors (Lipinski definition) is 5. The van der Waals surface area contributed by atoms with E-state index in [1.165, 1.54) is 0 Å². The van der Waals surface area contributed by atoms with Crippen molar-refractivity contribution in [2.75, 3.05) is 18.0 Å². The van der Waals surface area contributed by atoms with E-state index in [4.69, 9.17) is 16.0 Å². The van der Waals surface area contributed by atoms with Crippen LogP contribution in [0.1, 0.15) is 54.6 Å². The second-order valence-electron chi connectivity index (χ2n) is 9.03. The number of pyridine rings is 1. The van der Waals surface area contributed by atoms with Gasteiger partial charge >= 0.3 is 0 Å². The van der Waals surface area contributed by atoms with E-state index in [1.54, 1.807) is 12.3 Å². The topological polar surface area (TPSA) is 71.3 Å². The molecule has 31 heavy (non-hydrogen) atoms. The van der Waals surface area contributed by atoms with E-state index in [1.807, 2.05) is 31.2 Å². The van der Waals surface area contributed by atoms with Gasteiger partial charge in [0.2, 0.25) is 0 Å². The Kier molecular flexibility index (Phi) is 5.34. The Morgan fingerprint density at radius 3 is 2.68 bits per heavy atom. The number of rotatable bonds is 3. The molecular formula is C24H27ClN4O2. The molecule has 3 aromatic rings. The number of nitrogens with one attached hydrogen (secondary N) is 1. The molecule has 1 N–H and O–H groups in total. The fraction of sp³-hybridized carbons (Fsp3) is 0.458. The number of carbonyl (C=O) groups is 1. The van der Waals surface area contributed by atoms with E-state index in [2.05, 4.69) is 20.2 Å². The third-order valence-electron chi connectivity index (χ3n) is 6.97. The standard InChI is InChI=1S/C24H27ClN4O2/c1-16-14-17(6-11-26-16)22(30)27-19-4-7-24(8-5-19)9-12-29(13-10-24)23-28-20-15-18(25)2-3-21(20)31-23/h2-3,6,11,14-15,19H,4-5,7-10,12-13H2,1H3,(H,27,30). The van der Waals surface area contributed by atoms with Crippen molar-refractivity contribution in [2.24, 2.45) is 5.41 Å². The normalized spacial score (nSPS) is 19.1. The summed E-state index contributed by atoms with van der Waals surface area (Å²) in [6.07, 6.45) is 8.36. The van der Waals surface area contributed by atoms with Crippen LogP contribution in [0.2, 0.25) is 5.02 Å². The molecule has 1 saturated heterocycles. The van der Waals surface area contributed by atoms with Gasteiger partial charge in [-0.1, -0.05) is 11.6 Å². The molecule has 1 aromatic carbocycles. The lowest BCUT2D eigenvalue weighted by Gasteiger charge is -2.45. The molecule has 1 aliphatic carbocycles. The Morgan fingerprint density at radius 2 is 1.94 bits per heavy atom. The quantitative estimate of drug-likeness (QED) is 0.612. The molecule has 7 heteroatoms. The van der Waals surface area contributed by atoms with Crippen LogP contribution in [0.4, 0.5) is 6.01 Å². The van der Waals surface area contributed by atoms with Gasteiger partial charge in [0.1, 0.15) is 5.52 Å². The van der Waals surface area contributed by atoms with Crippen molar-refractivity contribution in [2.45, 2.75) is 51.5 Å². The van der Waals surface area contributed by atoms with Gasteiger partial charge < -0.3 is 14.6 Å². The summed E-state index contributed by atoms with van der Waals surface area (Å²) in [5.74, 6) is 0.0114. The molecule has 162 valence electrons. The second kappa shape index (κ2) is 8.15. The molecule has 0 bridgehead atoms. The zero-order valence-corrected chi connectivity index (χ0v) is 18.5. The third-order valence-corrected chi connectivity index (χ3v) is 7.21. The van der Waals surface area contributed by atoms with E-state index >= 15 is 0 Å². The number of fused-ring (bicyclic) bond motifs is 1. The lowest BCUT2D eigenvalue weighted by Crippen LogP contribution is -2.45. The Morgan fingerprint density at radius 1 is 1.16 bits per heavy atom. The summed E-state index contributed by atoms with van der Waals surface area (Å²) < 4.78 is 5.95. The molecule has 6 nitrogen and oxygen atoms in total. The maximum atomic E-state index is 12.6. The van der Waals surface area contributed by atoms with Gasteiger partial charge in [-0.05, 0) is 81.2 Å². The van der Waals surface area contributed by atoms with E-state index in [9.17, 15) is 4.79 Å². The summed E-state index contributed by atoms with van der Waals surface area (Å²) in [5.41, 5.74) is 3.52. The molecule has 0 atom stereocenters. The first-order valence-corrected chi connectivity index (χ1v) is 11.4. The number of piperidine rings is 1. The molecule has 2 fully saturated rings. The van der Waals surface area contributed by atoms with Crippen LogP contribution >= 0.6 is 11.6 Å². The minimum atomic E-state index is 0.0114. The van der Waals surface area contributed by atoms with Crippen LogP contribution in [0.25, 0.3) is 11.1 Å². The van der Waals surface area contributed by atoms with Gasteiger partial charge in [-0.25, -0.2) is 0 Å². The summed E-state index contributed by atoms with van der Waals surface area (Å²) in [6, 6.07) is 10.1. The average molecular weight is 439 g/mol. The van der Waals surface area contributed by atoms with Gasteiger partial charge in [0, 0.05) is 41.6 Å². The van der Waals surface area contributed by atoms with Crippen LogP contribution in [-0.4, -0.2) is 35.0 Å². The van der Waals surface area contributed by atoms with Crippen LogP contribution in [0.5, 0.6) is 0 Å². The van der Waals surface area contributed by atoms with Crippen molar-refractivity contribution in [3.05, 3.63) is 52.8 Å². The first kappa shape index (κ1) is 20.3. The number of aryl methyl sites for hydroxylation is 1. The highest BCUT2D eigenvalue weighted by Crippen LogP contribution is 2.45. The molecule has 0 radical (unpaired) electrons. The smallest absolute Gasteiger partial charge is 0.298 e. The van der Waals surface area contributed by atoms with Crippen molar-refractivity contribution < 1.29 is 9.21 Å². The highest BCUT2D eigenvalue weighted by Gasteiger charge is 2.39. The summed E-state index contributed by atoms with van der Waals surface area (Å²) >= 11 is 6.07. The van der Waals surface area contributed by atoms with Gasteiger partial charge in [0.25, 0.3) is 11.9 Å². The van der Waals surface area contributed by atoms with Gasteiger partial charge in [0.05, 0.1) is 0 Å². The van der Waals surface area contributed by atoms with E-state index in [0.717, 1.165) is 68.4 Å². The number of nitrogens with zero attached hydrogens (tertiary/aromatic N) is 3. The summed E-state index contributed by atoms with van der Waals surface area (Å²) in [7, 11) is 0. The van der Waals surface area contributed by atoms with E-state index in [0.29, 0.717) is 22.0 Å². The zero-order valence-electron chi connectivity index (χ0n) is 17.7. The van der Waals surface area contributed by atoms with Crippen LogP contribution in [-0.2, 0) is 0 Å². The fourth-order valence-corrected chi connectivity index (χ4v) is 5.19. The van der Waals surface area contributed by atoms with Gasteiger partial charge in [0.15, 0.2) is 5.58 Å². The molecule has 2 aliphatic rings. The highest BCUT2D eigenvalue weighted by molar-refractivity contribution is 6.31. The number of carbonyl (C=O) groups excluding carboxylic acids is 1. The van der Waals surface area contributed by atoms with Crippen molar-refractivity contribution in [3.8, 4) is 0 Å². The molecular weight excluding hydrogens is 412 g/mol. The number of oxazole rings is 1. The van der Waals surface area contributed by atoms with Gasteiger partial charge in [-0.15, -0.1) is 0 Å². The Labute approximate surface area is 187 Å². The molecule has 5 rings (SSSR count). The van der Waals surface area contributed by atoms with Crippen molar-refractivity contribution >= 4 is 34.6 Å². The molecule has 2 aromatic heterocycles. The van der Waals surface area contributed by atoms with Crippen LogP contribution in [0.3, 0.4) is 0 Å². The number of amides is 1.